The Bertz CT molecular complexity index is 698. The molecule has 0 saturated heterocycles. The third-order valence-electron chi connectivity index (χ3n) is 2.98. The SMILES string of the molecule is CC(C(=O)c1cc2c(cc1Br)NC(=O)CO2)S(C)(=O)=O. The van der Waals surface area contributed by atoms with Crippen LogP contribution in [0.15, 0.2) is 16.6 Å². The van der Waals surface area contributed by atoms with E-state index in [4.69, 9.17) is 4.74 Å². The molecule has 1 aliphatic heterocycles. The third-order valence-corrected chi connectivity index (χ3v) is 5.13. The highest BCUT2D eigenvalue weighted by atomic mass is 79.9. The Labute approximate surface area is 124 Å². The second kappa shape index (κ2) is 5.17. The van der Waals surface area contributed by atoms with Crippen molar-refractivity contribution in [2.45, 2.75) is 12.2 Å². The molecule has 1 aromatic rings. The molecule has 1 heterocycles. The predicted molar refractivity (Wildman–Crippen MR) is 76.9 cm³/mol. The van der Waals surface area contributed by atoms with Gasteiger partial charge < -0.3 is 10.1 Å². The van der Waals surface area contributed by atoms with Crippen LogP contribution in [-0.2, 0) is 14.6 Å². The van der Waals surface area contributed by atoms with E-state index in [9.17, 15) is 18.0 Å². The molecule has 0 aromatic heterocycles. The number of ketones is 1. The van der Waals surface area contributed by atoms with Crippen molar-refractivity contribution < 1.29 is 22.7 Å². The molecule has 0 bridgehead atoms. The van der Waals surface area contributed by atoms with Gasteiger partial charge in [-0.2, -0.15) is 0 Å². The van der Waals surface area contributed by atoms with Crippen molar-refractivity contribution >= 4 is 43.1 Å². The van der Waals surface area contributed by atoms with E-state index in [0.717, 1.165) is 6.26 Å². The van der Waals surface area contributed by atoms with Gasteiger partial charge in [0.1, 0.15) is 11.0 Å². The van der Waals surface area contributed by atoms with Gasteiger partial charge in [-0.15, -0.1) is 0 Å². The Morgan fingerprint density at radius 3 is 2.70 bits per heavy atom. The molecule has 0 spiro atoms. The quantitative estimate of drug-likeness (QED) is 0.821. The molecule has 0 radical (unpaired) electrons. The standard InChI is InChI=1S/C12H12BrNO5S/c1-6(20(2,17)18)12(16)7-3-10-9(4-8(7)13)14-11(15)5-19-10/h3-4,6H,5H2,1-2H3,(H,14,15). The van der Waals surface area contributed by atoms with Gasteiger partial charge in [-0.1, -0.05) is 0 Å². The lowest BCUT2D eigenvalue weighted by Gasteiger charge is -2.20. The molecule has 0 aliphatic carbocycles. The van der Waals surface area contributed by atoms with Crippen LogP contribution in [0.5, 0.6) is 5.75 Å². The summed E-state index contributed by atoms with van der Waals surface area (Å²) in [5.41, 5.74) is 0.648. The van der Waals surface area contributed by atoms with Crippen LogP contribution >= 0.6 is 15.9 Å². The second-order valence-electron chi connectivity index (χ2n) is 4.50. The van der Waals surface area contributed by atoms with E-state index in [1.165, 1.54) is 19.1 Å². The van der Waals surface area contributed by atoms with Gasteiger partial charge in [0, 0.05) is 16.3 Å². The molecule has 108 valence electrons. The van der Waals surface area contributed by atoms with Crippen LogP contribution in [0.1, 0.15) is 17.3 Å². The lowest BCUT2D eigenvalue weighted by molar-refractivity contribution is -0.118. The van der Waals surface area contributed by atoms with Crippen LogP contribution in [-0.4, -0.2) is 38.2 Å². The summed E-state index contributed by atoms with van der Waals surface area (Å²) in [7, 11) is -3.48. The molecule has 6 nitrogen and oxygen atoms in total. The number of fused-ring (bicyclic) bond motifs is 1. The number of benzene rings is 1. The van der Waals surface area contributed by atoms with E-state index in [0.29, 0.717) is 15.9 Å². The van der Waals surface area contributed by atoms with Crippen molar-refractivity contribution in [3.05, 3.63) is 22.2 Å². The number of Topliss-reactive ketones (excluding diaryl/α,β-unsaturated/α-hetero) is 1. The van der Waals surface area contributed by atoms with Gasteiger partial charge >= 0.3 is 0 Å². The van der Waals surface area contributed by atoms with Gasteiger partial charge in [-0.05, 0) is 35.0 Å². The normalized spacial score (nSPS) is 15.8. The lowest BCUT2D eigenvalue weighted by atomic mass is 10.1. The molecule has 1 unspecified atom stereocenters. The van der Waals surface area contributed by atoms with Crippen LogP contribution in [0.2, 0.25) is 0 Å². The maximum absolute atomic E-state index is 12.2. The van der Waals surface area contributed by atoms with Crippen LogP contribution in [0.3, 0.4) is 0 Å². The van der Waals surface area contributed by atoms with Gasteiger partial charge in [0.2, 0.25) is 0 Å². The summed E-state index contributed by atoms with van der Waals surface area (Å²) in [6, 6.07) is 2.96. The maximum Gasteiger partial charge on any atom is 0.262 e. The molecule has 0 saturated carbocycles. The van der Waals surface area contributed by atoms with E-state index in [1.54, 1.807) is 0 Å². The molecule has 8 heteroatoms. The summed E-state index contributed by atoms with van der Waals surface area (Å²) in [6.07, 6.45) is 1.01. The largest absolute Gasteiger partial charge is 0.482 e. The van der Waals surface area contributed by atoms with Crippen molar-refractivity contribution in [1.29, 1.82) is 0 Å². The van der Waals surface area contributed by atoms with E-state index in [1.807, 2.05) is 0 Å². The molecule has 2 rings (SSSR count). The molecule has 1 amide bonds. The number of carbonyl (C=O) groups is 2. The number of anilines is 1. The Hall–Kier alpha value is -1.41. The number of sulfone groups is 1. The number of rotatable bonds is 3. The summed E-state index contributed by atoms with van der Waals surface area (Å²) in [6.45, 7) is 1.20. The van der Waals surface area contributed by atoms with Gasteiger partial charge in [-0.3, -0.25) is 9.59 Å². The molecule has 1 aliphatic rings. The Morgan fingerprint density at radius 2 is 2.10 bits per heavy atom. The van der Waals surface area contributed by atoms with Crippen LogP contribution < -0.4 is 10.1 Å². The van der Waals surface area contributed by atoms with Crippen molar-refractivity contribution in [3.8, 4) is 5.75 Å². The fourth-order valence-electron chi connectivity index (χ4n) is 1.70. The Kier molecular flexibility index (Phi) is 3.88. The zero-order chi connectivity index (χ0) is 15.1. The highest BCUT2D eigenvalue weighted by Crippen LogP contribution is 2.34. The molecule has 0 fully saturated rings. The van der Waals surface area contributed by atoms with Crippen molar-refractivity contribution in [2.24, 2.45) is 0 Å². The second-order valence-corrected chi connectivity index (χ2v) is 7.72. The fourth-order valence-corrected chi connectivity index (χ4v) is 2.76. The minimum absolute atomic E-state index is 0.135. The van der Waals surface area contributed by atoms with Crippen LogP contribution in [0.4, 0.5) is 5.69 Å². The summed E-state index contributed by atoms with van der Waals surface area (Å²) in [4.78, 5) is 23.4. The first-order valence-electron chi connectivity index (χ1n) is 5.69. The number of hydrogen-bond donors (Lipinski definition) is 1. The zero-order valence-corrected chi connectivity index (χ0v) is 13.2. The smallest absolute Gasteiger partial charge is 0.262 e. The Morgan fingerprint density at radius 1 is 1.45 bits per heavy atom. The van der Waals surface area contributed by atoms with E-state index in [-0.39, 0.29) is 18.1 Å². The molecule has 1 aromatic carbocycles. The summed E-state index contributed by atoms with van der Waals surface area (Å²) < 4.78 is 28.5. The van der Waals surface area contributed by atoms with Gasteiger partial charge in [0.05, 0.1) is 5.69 Å². The number of carbonyl (C=O) groups excluding carboxylic acids is 2. The fraction of sp³-hybridized carbons (Fsp3) is 0.333. The zero-order valence-electron chi connectivity index (χ0n) is 10.8. The van der Waals surface area contributed by atoms with Crippen LogP contribution in [0, 0.1) is 0 Å². The monoisotopic (exact) mass is 361 g/mol. The van der Waals surface area contributed by atoms with E-state index >= 15 is 0 Å². The van der Waals surface area contributed by atoms with E-state index in [2.05, 4.69) is 21.2 Å². The first-order chi connectivity index (χ1) is 9.20. The van der Waals surface area contributed by atoms with E-state index < -0.39 is 20.9 Å². The molecule has 20 heavy (non-hydrogen) atoms. The average molecular weight is 362 g/mol. The summed E-state index contributed by atoms with van der Waals surface area (Å²) in [5.74, 6) is -0.465. The number of hydrogen-bond acceptors (Lipinski definition) is 5. The predicted octanol–water partition coefficient (Wildman–Crippen LogP) is 1.40. The first-order valence-corrected chi connectivity index (χ1v) is 8.44. The molecule has 1 atom stereocenters. The van der Waals surface area contributed by atoms with Gasteiger partial charge in [0.25, 0.3) is 5.91 Å². The third kappa shape index (κ3) is 2.85. The number of halogens is 1. The van der Waals surface area contributed by atoms with Gasteiger partial charge in [0.15, 0.2) is 22.2 Å². The topological polar surface area (TPSA) is 89.5 Å². The lowest BCUT2D eigenvalue weighted by Crippen LogP contribution is -2.28. The maximum atomic E-state index is 12.2. The molecular formula is C12H12BrNO5S. The summed E-state index contributed by atoms with van der Waals surface area (Å²) >= 11 is 3.21. The first kappa shape index (κ1) is 15.0. The molecular weight excluding hydrogens is 350 g/mol. The van der Waals surface area contributed by atoms with Crippen molar-refractivity contribution in [3.63, 3.8) is 0 Å². The number of amides is 1. The number of ether oxygens (including phenoxy) is 1. The highest BCUT2D eigenvalue weighted by molar-refractivity contribution is 9.10. The summed E-state index contributed by atoms with van der Waals surface area (Å²) in [5, 5.41) is 1.46. The molecule has 1 N–H and O–H groups in total. The van der Waals surface area contributed by atoms with Crippen molar-refractivity contribution in [1.82, 2.24) is 0 Å². The van der Waals surface area contributed by atoms with Gasteiger partial charge in [-0.25, -0.2) is 8.42 Å². The number of nitrogens with one attached hydrogen (secondary N) is 1. The average Bonchev–Trinajstić information content (AvgIpc) is 2.35. The van der Waals surface area contributed by atoms with Crippen molar-refractivity contribution in [2.75, 3.05) is 18.2 Å². The highest BCUT2D eigenvalue weighted by Gasteiger charge is 2.28. The minimum atomic E-state index is -3.48. The van der Waals surface area contributed by atoms with Crippen LogP contribution in [0.25, 0.3) is 0 Å². The minimum Gasteiger partial charge on any atom is -0.482 e. The Balaban J connectivity index is 2.44.